The van der Waals surface area contributed by atoms with Crippen molar-refractivity contribution in [3.63, 3.8) is 0 Å². The molecule has 1 heterocycles. The summed E-state index contributed by atoms with van der Waals surface area (Å²) in [4.78, 5) is 28.4. The fourth-order valence-corrected chi connectivity index (χ4v) is 4.65. The van der Waals surface area contributed by atoms with Crippen molar-refractivity contribution in [1.29, 1.82) is 0 Å². The number of aryl methyl sites for hydroxylation is 1. The van der Waals surface area contributed by atoms with Crippen molar-refractivity contribution in [1.82, 2.24) is 19.8 Å². The van der Waals surface area contributed by atoms with E-state index >= 15 is 0 Å². The monoisotopic (exact) mass is 447 g/mol. The van der Waals surface area contributed by atoms with E-state index in [0.29, 0.717) is 18.4 Å². The standard InChI is InChI=1S/C25H45N5O2/c1-5-8-22-19-26-25(27-20-22)30(7-3)14-13-21-9-11-23(12-10-21)24(32)28(4)15-16-29(6-2)17-18-31/h19-21,23,31H,5-18H2,1-4H3. The number of carbonyl (C=O) groups excluding carboxylic acids is 1. The second-order valence-corrected chi connectivity index (χ2v) is 9.14. The van der Waals surface area contributed by atoms with Crippen LogP contribution in [-0.4, -0.2) is 83.7 Å². The van der Waals surface area contributed by atoms with Crippen LogP contribution in [0.3, 0.4) is 0 Å². The molecule has 0 saturated heterocycles. The number of rotatable bonds is 14. The molecule has 1 aromatic heterocycles. The third-order valence-electron chi connectivity index (χ3n) is 6.89. The average molecular weight is 448 g/mol. The van der Waals surface area contributed by atoms with Crippen molar-refractivity contribution in [3.05, 3.63) is 18.0 Å². The number of aromatic nitrogens is 2. The Morgan fingerprint density at radius 3 is 2.25 bits per heavy atom. The number of aliphatic hydroxyl groups is 1. The molecule has 0 unspecified atom stereocenters. The number of hydrogen-bond donors (Lipinski definition) is 1. The molecule has 0 bridgehead atoms. The zero-order chi connectivity index (χ0) is 23.3. The average Bonchev–Trinajstić information content (AvgIpc) is 2.83. The first-order valence-corrected chi connectivity index (χ1v) is 12.7. The summed E-state index contributed by atoms with van der Waals surface area (Å²) >= 11 is 0. The third kappa shape index (κ3) is 8.32. The van der Waals surface area contributed by atoms with Crippen LogP contribution in [0.2, 0.25) is 0 Å². The second-order valence-electron chi connectivity index (χ2n) is 9.14. The van der Waals surface area contributed by atoms with E-state index in [-0.39, 0.29) is 12.5 Å². The number of nitrogens with zero attached hydrogens (tertiary/aromatic N) is 5. The lowest BCUT2D eigenvalue weighted by molar-refractivity contribution is -0.135. The van der Waals surface area contributed by atoms with Gasteiger partial charge in [0, 0.05) is 58.1 Å². The van der Waals surface area contributed by atoms with E-state index in [1.807, 2.05) is 24.3 Å². The maximum Gasteiger partial charge on any atom is 0.225 e. The number of carbonyl (C=O) groups is 1. The van der Waals surface area contributed by atoms with E-state index in [1.54, 1.807) is 0 Å². The van der Waals surface area contributed by atoms with Crippen LogP contribution in [0, 0.1) is 11.8 Å². The van der Waals surface area contributed by atoms with Gasteiger partial charge in [0.05, 0.1) is 6.61 Å². The van der Waals surface area contributed by atoms with Gasteiger partial charge in [-0.05, 0) is 63.5 Å². The largest absolute Gasteiger partial charge is 0.395 e. The predicted octanol–water partition coefficient (Wildman–Crippen LogP) is 3.22. The predicted molar refractivity (Wildman–Crippen MR) is 131 cm³/mol. The number of hydrogen-bond acceptors (Lipinski definition) is 6. The Morgan fingerprint density at radius 2 is 1.69 bits per heavy atom. The van der Waals surface area contributed by atoms with Gasteiger partial charge in [0.25, 0.3) is 0 Å². The van der Waals surface area contributed by atoms with Crippen molar-refractivity contribution in [2.24, 2.45) is 11.8 Å². The van der Waals surface area contributed by atoms with Gasteiger partial charge < -0.3 is 14.9 Å². The van der Waals surface area contributed by atoms with Gasteiger partial charge in [-0.1, -0.05) is 20.3 Å². The summed E-state index contributed by atoms with van der Waals surface area (Å²) < 4.78 is 0. The Labute approximate surface area is 195 Å². The maximum atomic E-state index is 12.9. The summed E-state index contributed by atoms with van der Waals surface area (Å²) in [6, 6.07) is 0. The van der Waals surface area contributed by atoms with Gasteiger partial charge in [-0.3, -0.25) is 9.69 Å². The Hall–Kier alpha value is -1.73. The normalized spacial score (nSPS) is 18.7. The minimum Gasteiger partial charge on any atom is -0.395 e. The van der Waals surface area contributed by atoms with Gasteiger partial charge in [-0.15, -0.1) is 0 Å². The van der Waals surface area contributed by atoms with Gasteiger partial charge in [-0.25, -0.2) is 9.97 Å². The summed E-state index contributed by atoms with van der Waals surface area (Å²) in [7, 11) is 1.92. The van der Waals surface area contributed by atoms with Crippen LogP contribution >= 0.6 is 0 Å². The molecule has 0 atom stereocenters. The minimum absolute atomic E-state index is 0.167. The van der Waals surface area contributed by atoms with Crippen LogP contribution in [0.1, 0.15) is 64.9 Å². The highest BCUT2D eigenvalue weighted by Gasteiger charge is 2.28. The van der Waals surface area contributed by atoms with E-state index in [0.717, 1.165) is 83.6 Å². The van der Waals surface area contributed by atoms with Crippen LogP contribution < -0.4 is 4.90 Å². The number of likely N-dealkylation sites (N-methyl/N-ethyl adjacent to an activating group) is 2. The van der Waals surface area contributed by atoms with E-state index in [4.69, 9.17) is 5.11 Å². The zero-order valence-corrected chi connectivity index (χ0v) is 20.8. The van der Waals surface area contributed by atoms with Crippen molar-refractivity contribution in [3.8, 4) is 0 Å². The minimum atomic E-state index is 0.167. The summed E-state index contributed by atoms with van der Waals surface area (Å²) in [5.41, 5.74) is 1.20. The molecule has 1 aliphatic carbocycles. The first-order valence-electron chi connectivity index (χ1n) is 12.7. The lowest BCUT2D eigenvalue weighted by Gasteiger charge is -2.32. The Morgan fingerprint density at radius 1 is 1.00 bits per heavy atom. The highest BCUT2D eigenvalue weighted by Crippen LogP contribution is 2.32. The lowest BCUT2D eigenvalue weighted by atomic mass is 9.80. The molecule has 0 radical (unpaired) electrons. The van der Waals surface area contributed by atoms with Crippen molar-refractivity contribution in [2.75, 3.05) is 57.8 Å². The van der Waals surface area contributed by atoms with Crippen LogP contribution in [0.25, 0.3) is 0 Å². The summed E-state index contributed by atoms with van der Waals surface area (Å²) in [5.74, 6) is 1.97. The summed E-state index contributed by atoms with van der Waals surface area (Å²) in [5, 5.41) is 9.13. The van der Waals surface area contributed by atoms with Crippen molar-refractivity contribution < 1.29 is 9.90 Å². The van der Waals surface area contributed by atoms with Gasteiger partial charge >= 0.3 is 0 Å². The number of anilines is 1. The van der Waals surface area contributed by atoms with Crippen LogP contribution in [0.4, 0.5) is 5.95 Å². The molecule has 1 saturated carbocycles. The number of aliphatic hydroxyl groups excluding tert-OH is 1. The molecule has 182 valence electrons. The van der Waals surface area contributed by atoms with Crippen LogP contribution in [0.15, 0.2) is 12.4 Å². The fourth-order valence-electron chi connectivity index (χ4n) is 4.65. The van der Waals surface area contributed by atoms with E-state index in [1.165, 1.54) is 5.56 Å². The van der Waals surface area contributed by atoms with Gasteiger partial charge in [0.2, 0.25) is 11.9 Å². The summed E-state index contributed by atoms with van der Waals surface area (Å²) in [6.45, 7) is 11.6. The molecule has 2 rings (SSSR count). The molecule has 1 fully saturated rings. The first-order chi connectivity index (χ1) is 15.5. The molecule has 7 nitrogen and oxygen atoms in total. The van der Waals surface area contributed by atoms with E-state index in [9.17, 15) is 4.79 Å². The molecular weight excluding hydrogens is 402 g/mol. The number of amides is 1. The highest BCUT2D eigenvalue weighted by atomic mass is 16.3. The highest BCUT2D eigenvalue weighted by molar-refractivity contribution is 5.78. The SMILES string of the molecule is CCCc1cnc(N(CC)CCC2CCC(C(=O)N(C)CCN(CC)CCO)CC2)nc1. The quantitative estimate of drug-likeness (QED) is 0.472. The van der Waals surface area contributed by atoms with Crippen molar-refractivity contribution in [2.45, 2.75) is 65.7 Å². The molecule has 0 aliphatic heterocycles. The molecular formula is C25H45N5O2. The molecule has 1 aromatic rings. The molecule has 1 amide bonds. The molecule has 0 spiro atoms. The lowest BCUT2D eigenvalue weighted by Crippen LogP contribution is -2.40. The zero-order valence-electron chi connectivity index (χ0n) is 20.8. The fraction of sp³-hybridized carbons (Fsp3) is 0.800. The topological polar surface area (TPSA) is 72.8 Å². The molecule has 7 heteroatoms. The van der Waals surface area contributed by atoms with E-state index < -0.39 is 0 Å². The smallest absolute Gasteiger partial charge is 0.225 e. The Bertz CT molecular complexity index is 646. The summed E-state index contributed by atoms with van der Waals surface area (Å²) in [6.07, 6.45) is 11.5. The van der Waals surface area contributed by atoms with Gasteiger partial charge in [0.15, 0.2) is 0 Å². The third-order valence-corrected chi connectivity index (χ3v) is 6.89. The van der Waals surface area contributed by atoms with Gasteiger partial charge in [-0.2, -0.15) is 0 Å². The molecule has 1 aliphatic rings. The van der Waals surface area contributed by atoms with Crippen molar-refractivity contribution >= 4 is 11.9 Å². The molecule has 1 N–H and O–H groups in total. The molecule has 0 aromatic carbocycles. The van der Waals surface area contributed by atoms with Crippen LogP contribution in [0.5, 0.6) is 0 Å². The Balaban J connectivity index is 1.74. The van der Waals surface area contributed by atoms with Gasteiger partial charge in [0.1, 0.15) is 0 Å². The molecule has 32 heavy (non-hydrogen) atoms. The van der Waals surface area contributed by atoms with Crippen LogP contribution in [-0.2, 0) is 11.2 Å². The second kappa shape index (κ2) is 14.4. The first kappa shape index (κ1) is 26.5. The maximum absolute atomic E-state index is 12.9. The Kier molecular flexibility index (Phi) is 12.0. The van der Waals surface area contributed by atoms with E-state index in [2.05, 4.69) is 40.5 Å².